The lowest BCUT2D eigenvalue weighted by molar-refractivity contribution is -0.155. The first-order valence-corrected chi connectivity index (χ1v) is 7.56. The number of aliphatic hydroxyl groups is 1. The number of hydrogen-bond donors (Lipinski definition) is 1. The molecule has 2 atom stereocenters. The third kappa shape index (κ3) is 3.06. The second kappa shape index (κ2) is 5.57. The van der Waals surface area contributed by atoms with Gasteiger partial charge in [-0.15, -0.1) is 0 Å². The zero-order valence-electron chi connectivity index (χ0n) is 13.4. The summed E-state index contributed by atoms with van der Waals surface area (Å²) in [6.07, 6.45) is 0.669. The predicted octanol–water partition coefficient (Wildman–Crippen LogP) is 0.101. The lowest BCUT2D eigenvalue weighted by atomic mass is 9.84. The number of carbonyl (C=O) groups is 2. The van der Waals surface area contributed by atoms with Gasteiger partial charge >= 0.3 is 5.97 Å². The van der Waals surface area contributed by atoms with E-state index >= 15 is 0 Å². The standard InChI is InChI=1S/C15H26N2O4/c1-5-21-13(19)14(2,3)8-17-10-15(20)9-16(4)7-6-11(15)12(17)18/h11,20H,5-10H2,1-4H3/t11-,15-/m0/s1. The van der Waals surface area contributed by atoms with E-state index in [0.29, 0.717) is 26.1 Å². The quantitative estimate of drug-likeness (QED) is 0.746. The highest BCUT2D eigenvalue weighted by atomic mass is 16.5. The summed E-state index contributed by atoms with van der Waals surface area (Å²) >= 11 is 0. The molecule has 2 saturated heterocycles. The molecule has 0 aliphatic carbocycles. The molecule has 6 nitrogen and oxygen atoms in total. The second-order valence-corrected chi connectivity index (χ2v) is 6.98. The van der Waals surface area contributed by atoms with Crippen LogP contribution in [0.3, 0.4) is 0 Å². The largest absolute Gasteiger partial charge is 0.466 e. The van der Waals surface area contributed by atoms with Gasteiger partial charge in [-0.1, -0.05) is 0 Å². The zero-order chi connectivity index (χ0) is 15.8. The first-order chi connectivity index (χ1) is 9.69. The Kier molecular flexibility index (Phi) is 4.31. The highest BCUT2D eigenvalue weighted by molar-refractivity contribution is 5.84. The number of amides is 1. The second-order valence-electron chi connectivity index (χ2n) is 6.98. The van der Waals surface area contributed by atoms with Gasteiger partial charge in [0.2, 0.25) is 5.91 Å². The van der Waals surface area contributed by atoms with Crippen molar-refractivity contribution in [2.24, 2.45) is 11.3 Å². The molecule has 1 N–H and O–H groups in total. The summed E-state index contributed by atoms with van der Waals surface area (Å²) < 4.78 is 5.07. The van der Waals surface area contributed by atoms with Crippen molar-refractivity contribution in [3.05, 3.63) is 0 Å². The summed E-state index contributed by atoms with van der Waals surface area (Å²) in [6.45, 7) is 7.53. The Morgan fingerprint density at radius 3 is 2.76 bits per heavy atom. The fourth-order valence-electron chi connectivity index (χ4n) is 3.42. The molecule has 120 valence electrons. The summed E-state index contributed by atoms with van der Waals surface area (Å²) in [6, 6.07) is 0. The molecule has 0 radical (unpaired) electrons. The van der Waals surface area contributed by atoms with Crippen molar-refractivity contribution < 1.29 is 19.4 Å². The van der Waals surface area contributed by atoms with Gasteiger partial charge < -0.3 is 19.6 Å². The van der Waals surface area contributed by atoms with Crippen LogP contribution in [0.1, 0.15) is 27.2 Å². The van der Waals surface area contributed by atoms with Gasteiger partial charge in [0, 0.05) is 13.1 Å². The number of rotatable bonds is 4. The minimum absolute atomic E-state index is 0.0389. The molecule has 0 aromatic rings. The van der Waals surface area contributed by atoms with Crippen LogP contribution < -0.4 is 0 Å². The number of likely N-dealkylation sites (tertiary alicyclic amines) is 2. The van der Waals surface area contributed by atoms with Crippen molar-refractivity contribution in [3.8, 4) is 0 Å². The number of ether oxygens (including phenoxy) is 1. The first kappa shape index (κ1) is 16.2. The number of hydrogen-bond acceptors (Lipinski definition) is 5. The van der Waals surface area contributed by atoms with E-state index in [0.717, 1.165) is 6.54 Å². The van der Waals surface area contributed by atoms with Crippen LogP contribution in [-0.4, -0.2) is 72.2 Å². The number of piperidine rings is 1. The molecule has 2 aliphatic rings. The molecule has 2 aliphatic heterocycles. The Hall–Kier alpha value is -1.14. The topological polar surface area (TPSA) is 70.1 Å². The van der Waals surface area contributed by atoms with E-state index in [2.05, 4.69) is 0 Å². The van der Waals surface area contributed by atoms with E-state index in [-0.39, 0.29) is 24.3 Å². The van der Waals surface area contributed by atoms with Gasteiger partial charge in [0.25, 0.3) is 0 Å². The van der Waals surface area contributed by atoms with E-state index in [1.54, 1.807) is 25.7 Å². The van der Waals surface area contributed by atoms with E-state index in [9.17, 15) is 14.7 Å². The Labute approximate surface area is 126 Å². The van der Waals surface area contributed by atoms with Crippen LogP contribution >= 0.6 is 0 Å². The van der Waals surface area contributed by atoms with Crippen molar-refractivity contribution in [3.63, 3.8) is 0 Å². The number of likely N-dealkylation sites (N-methyl/N-ethyl adjacent to an activating group) is 1. The lowest BCUT2D eigenvalue weighted by Gasteiger charge is -2.37. The van der Waals surface area contributed by atoms with Crippen molar-refractivity contribution in [2.75, 3.05) is 39.8 Å². The minimum atomic E-state index is -0.991. The molecule has 0 unspecified atom stereocenters. The predicted molar refractivity (Wildman–Crippen MR) is 77.5 cm³/mol. The molecule has 21 heavy (non-hydrogen) atoms. The SMILES string of the molecule is CCOC(=O)C(C)(C)CN1C[C@@]2(O)CN(C)CC[C@H]2C1=O. The van der Waals surface area contributed by atoms with Gasteiger partial charge in [-0.25, -0.2) is 0 Å². The normalized spacial score (nSPS) is 30.4. The van der Waals surface area contributed by atoms with Gasteiger partial charge in [-0.05, 0) is 40.8 Å². The van der Waals surface area contributed by atoms with E-state index in [1.807, 2.05) is 11.9 Å². The maximum Gasteiger partial charge on any atom is 0.313 e. The molecule has 2 rings (SSSR count). The Bertz CT molecular complexity index is 437. The Morgan fingerprint density at radius 2 is 2.14 bits per heavy atom. The Morgan fingerprint density at radius 1 is 1.48 bits per heavy atom. The van der Waals surface area contributed by atoms with Gasteiger partial charge in [-0.2, -0.15) is 0 Å². The lowest BCUT2D eigenvalue weighted by Crippen LogP contribution is -2.53. The summed E-state index contributed by atoms with van der Waals surface area (Å²) in [5, 5.41) is 10.7. The molecular weight excluding hydrogens is 272 g/mol. The van der Waals surface area contributed by atoms with Crippen LogP contribution in [0.25, 0.3) is 0 Å². The molecule has 1 amide bonds. The van der Waals surface area contributed by atoms with E-state index < -0.39 is 11.0 Å². The van der Waals surface area contributed by atoms with Crippen molar-refractivity contribution in [1.82, 2.24) is 9.80 Å². The third-order valence-electron chi connectivity index (χ3n) is 4.48. The van der Waals surface area contributed by atoms with Crippen LogP contribution in [0.4, 0.5) is 0 Å². The van der Waals surface area contributed by atoms with Crippen molar-refractivity contribution >= 4 is 11.9 Å². The van der Waals surface area contributed by atoms with Crippen LogP contribution in [-0.2, 0) is 14.3 Å². The number of esters is 1. The van der Waals surface area contributed by atoms with Crippen molar-refractivity contribution in [2.45, 2.75) is 32.8 Å². The molecule has 0 bridgehead atoms. The average Bonchev–Trinajstić information content (AvgIpc) is 2.59. The molecule has 2 fully saturated rings. The number of fused-ring (bicyclic) bond motifs is 1. The highest BCUT2D eigenvalue weighted by Crippen LogP contribution is 2.37. The van der Waals surface area contributed by atoms with Crippen LogP contribution in [0, 0.1) is 11.3 Å². The molecule has 0 saturated carbocycles. The van der Waals surface area contributed by atoms with E-state index in [4.69, 9.17) is 4.74 Å². The van der Waals surface area contributed by atoms with Crippen LogP contribution in [0.5, 0.6) is 0 Å². The fourth-order valence-corrected chi connectivity index (χ4v) is 3.42. The Balaban J connectivity index is 2.09. The fraction of sp³-hybridized carbons (Fsp3) is 0.867. The zero-order valence-corrected chi connectivity index (χ0v) is 13.4. The molecule has 6 heteroatoms. The molecule has 0 aromatic heterocycles. The number of carbonyl (C=O) groups excluding carboxylic acids is 2. The summed E-state index contributed by atoms with van der Waals surface area (Å²) in [4.78, 5) is 28.2. The number of β-amino-alcohol motifs (C(OH)–C–C–N with tert-alkyl or cyclic N) is 1. The maximum atomic E-state index is 12.5. The average molecular weight is 298 g/mol. The van der Waals surface area contributed by atoms with E-state index in [1.165, 1.54) is 0 Å². The molecule has 0 spiro atoms. The van der Waals surface area contributed by atoms with Gasteiger partial charge in [0.05, 0.1) is 24.5 Å². The summed E-state index contributed by atoms with van der Waals surface area (Å²) in [5.74, 6) is -0.688. The molecule has 2 heterocycles. The number of nitrogens with zero attached hydrogens (tertiary/aromatic N) is 2. The van der Waals surface area contributed by atoms with Gasteiger partial charge in [0.1, 0.15) is 5.60 Å². The highest BCUT2D eigenvalue weighted by Gasteiger charge is 2.54. The smallest absolute Gasteiger partial charge is 0.313 e. The minimum Gasteiger partial charge on any atom is -0.466 e. The van der Waals surface area contributed by atoms with Crippen LogP contribution in [0.2, 0.25) is 0 Å². The molecule has 0 aromatic carbocycles. The van der Waals surface area contributed by atoms with Crippen molar-refractivity contribution in [1.29, 1.82) is 0 Å². The first-order valence-electron chi connectivity index (χ1n) is 7.56. The monoisotopic (exact) mass is 298 g/mol. The van der Waals surface area contributed by atoms with Crippen LogP contribution in [0.15, 0.2) is 0 Å². The summed E-state index contributed by atoms with van der Waals surface area (Å²) in [7, 11) is 1.95. The van der Waals surface area contributed by atoms with Gasteiger partial charge in [0.15, 0.2) is 0 Å². The van der Waals surface area contributed by atoms with Gasteiger partial charge in [-0.3, -0.25) is 9.59 Å². The summed E-state index contributed by atoms with van der Waals surface area (Å²) in [5.41, 5.74) is -1.75. The molecular formula is C15H26N2O4. The third-order valence-corrected chi connectivity index (χ3v) is 4.48. The maximum absolute atomic E-state index is 12.5.